The Morgan fingerprint density at radius 1 is 1.41 bits per heavy atom. The van der Waals surface area contributed by atoms with Crippen molar-refractivity contribution in [3.8, 4) is 0 Å². The van der Waals surface area contributed by atoms with E-state index in [1.807, 2.05) is 0 Å². The molecule has 17 heavy (non-hydrogen) atoms. The average molecular weight is 297 g/mol. The van der Waals surface area contributed by atoms with Gasteiger partial charge in [-0.15, -0.1) is 12.4 Å². The van der Waals surface area contributed by atoms with Crippen LogP contribution >= 0.6 is 24.0 Å². The van der Waals surface area contributed by atoms with E-state index in [0.29, 0.717) is 23.6 Å². The lowest BCUT2D eigenvalue weighted by Gasteiger charge is -2.02. The summed E-state index contributed by atoms with van der Waals surface area (Å²) in [6.07, 6.45) is 1.06. The smallest absolute Gasteiger partial charge is 0.139 e. The maximum atomic E-state index is 11.8. The molecule has 0 saturated carbocycles. The largest absolute Gasteiger partial charge is 0.409 e. The molecule has 1 aromatic rings. The first-order valence-electron chi connectivity index (χ1n) is 4.74. The first kappa shape index (κ1) is 16.2. The number of rotatable bonds is 5. The van der Waals surface area contributed by atoms with Gasteiger partial charge in [0.1, 0.15) is 5.84 Å². The van der Waals surface area contributed by atoms with Crippen molar-refractivity contribution in [1.82, 2.24) is 0 Å². The minimum atomic E-state index is -1.06. The highest BCUT2D eigenvalue weighted by Gasteiger charge is 2.04. The molecule has 4 nitrogen and oxygen atoms in total. The Labute approximate surface area is 114 Å². The van der Waals surface area contributed by atoms with Crippen molar-refractivity contribution in [2.45, 2.75) is 17.7 Å². The summed E-state index contributed by atoms with van der Waals surface area (Å²) in [5, 5.41) is 11.8. The molecule has 0 aliphatic rings. The Hall–Kier alpha value is -0.780. The van der Waals surface area contributed by atoms with Gasteiger partial charge in [0, 0.05) is 22.1 Å². The number of amidine groups is 1. The van der Waals surface area contributed by atoms with Crippen LogP contribution in [0.4, 0.5) is 0 Å². The molecule has 0 amide bonds. The highest BCUT2D eigenvalue weighted by atomic mass is 35.5. The highest BCUT2D eigenvalue weighted by molar-refractivity contribution is 7.85. The van der Waals surface area contributed by atoms with Crippen LogP contribution in [-0.4, -0.2) is 21.0 Å². The van der Waals surface area contributed by atoms with E-state index in [2.05, 4.69) is 5.16 Å². The number of hydrogen-bond donors (Lipinski definition) is 2. The number of nitrogens with two attached hydrogens (primary N) is 1. The Balaban J connectivity index is 0.00000256. The van der Waals surface area contributed by atoms with E-state index in [1.54, 1.807) is 24.3 Å². The van der Waals surface area contributed by atoms with Crippen molar-refractivity contribution in [3.05, 3.63) is 29.3 Å². The zero-order valence-corrected chi connectivity index (χ0v) is 11.4. The summed E-state index contributed by atoms with van der Waals surface area (Å²) in [6.45, 7) is 0. The van der Waals surface area contributed by atoms with Crippen LogP contribution in [0.15, 0.2) is 34.3 Å². The standard InChI is InChI=1S/C10H13ClN2O2S.ClH/c11-8-3-5-9(6-4-8)16(15)7-1-2-10(12)13-14;/h3-6,14H,1-2,7H2,(H2,12,13);1H. The molecule has 7 heteroatoms. The van der Waals surface area contributed by atoms with E-state index in [4.69, 9.17) is 22.5 Å². The lowest BCUT2D eigenvalue weighted by molar-refractivity contribution is 0.317. The van der Waals surface area contributed by atoms with Crippen LogP contribution < -0.4 is 5.73 Å². The zero-order chi connectivity index (χ0) is 12.0. The second-order valence-electron chi connectivity index (χ2n) is 3.20. The van der Waals surface area contributed by atoms with Gasteiger partial charge in [0.05, 0.1) is 10.8 Å². The highest BCUT2D eigenvalue weighted by Crippen LogP contribution is 2.13. The third-order valence-electron chi connectivity index (χ3n) is 1.97. The Bertz CT molecular complexity index is 396. The number of nitrogens with zero attached hydrogens (tertiary/aromatic N) is 1. The molecule has 0 aliphatic carbocycles. The van der Waals surface area contributed by atoms with E-state index in [1.165, 1.54) is 0 Å². The van der Waals surface area contributed by atoms with Crippen LogP contribution in [0.3, 0.4) is 0 Å². The van der Waals surface area contributed by atoms with E-state index in [9.17, 15) is 4.21 Å². The molecule has 0 aliphatic heterocycles. The normalized spacial score (nSPS) is 12.9. The molecule has 0 aromatic heterocycles. The third-order valence-corrected chi connectivity index (χ3v) is 3.68. The van der Waals surface area contributed by atoms with Gasteiger partial charge in [-0.1, -0.05) is 16.8 Å². The summed E-state index contributed by atoms with van der Waals surface area (Å²) in [4.78, 5) is 0.740. The van der Waals surface area contributed by atoms with E-state index in [0.717, 1.165) is 4.90 Å². The van der Waals surface area contributed by atoms with Gasteiger partial charge in [-0.05, 0) is 30.7 Å². The summed E-state index contributed by atoms with van der Waals surface area (Å²) in [6, 6.07) is 6.89. The lowest BCUT2D eigenvalue weighted by atomic mass is 10.3. The second kappa shape index (κ2) is 8.33. The van der Waals surface area contributed by atoms with Crippen molar-refractivity contribution in [3.63, 3.8) is 0 Å². The van der Waals surface area contributed by atoms with Gasteiger partial charge in [0.25, 0.3) is 0 Å². The van der Waals surface area contributed by atoms with Crippen LogP contribution in [0.25, 0.3) is 0 Å². The Kier molecular flexibility index (Phi) is 7.95. The maximum absolute atomic E-state index is 11.8. The molecule has 0 saturated heterocycles. The van der Waals surface area contributed by atoms with E-state index in [-0.39, 0.29) is 18.2 Å². The molecule has 1 aromatic carbocycles. The van der Waals surface area contributed by atoms with Gasteiger partial charge in [0.15, 0.2) is 0 Å². The SMILES string of the molecule is Cl.NC(CCCS(=O)c1ccc(Cl)cc1)=NO. The molecule has 3 N–H and O–H groups in total. The van der Waals surface area contributed by atoms with Gasteiger partial charge < -0.3 is 10.9 Å². The molecule has 0 bridgehead atoms. The van der Waals surface area contributed by atoms with Gasteiger partial charge in [-0.25, -0.2) is 0 Å². The van der Waals surface area contributed by atoms with Crippen LogP contribution in [-0.2, 0) is 10.8 Å². The summed E-state index contributed by atoms with van der Waals surface area (Å²) in [7, 11) is -1.06. The van der Waals surface area contributed by atoms with Gasteiger partial charge in [-0.3, -0.25) is 4.21 Å². The molecule has 96 valence electrons. The van der Waals surface area contributed by atoms with Crippen LogP contribution in [0.1, 0.15) is 12.8 Å². The molecular formula is C10H14Cl2N2O2S. The first-order chi connectivity index (χ1) is 7.63. The predicted octanol–water partition coefficient (Wildman–Crippen LogP) is 2.40. The van der Waals surface area contributed by atoms with Crippen molar-refractivity contribution in [2.24, 2.45) is 10.9 Å². The quantitative estimate of drug-likeness (QED) is 0.379. The summed E-state index contributed by atoms with van der Waals surface area (Å²) >= 11 is 5.72. The van der Waals surface area contributed by atoms with E-state index >= 15 is 0 Å². The number of oxime groups is 1. The minimum absolute atomic E-state index is 0. The average Bonchev–Trinajstić information content (AvgIpc) is 2.29. The number of hydrogen-bond acceptors (Lipinski definition) is 3. The fraction of sp³-hybridized carbons (Fsp3) is 0.300. The van der Waals surface area contributed by atoms with Crippen LogP contribution in [0.5, 0.6) is 0 Å². The maximum Gasteiger partial charge on any atom is 0.139 e. The monoisotopic (exact) mass is 296 g/mol. The molecule has 1 unspecified atom stereocenters. The van der Waals surface area contributed by atoms with Crippen molar-refractivity contribution >= 4 is 40.6 Å². The first-order valence-corrected chi connectivity index (χ1v) is 6.43. The fourth-order valence-electron chi connectivity index (χ4n) is 1.14. The van der Waals surface area contributed by atoms with Crippen LogP contribution in [0.2, 0.25) is 5.02 Å². The van der Waals surface area contributed by atoms with E-state index < -0.39 is 10.8 Å². The second-order valence-corrected chi connectivity index (χ2v) is 5.21. The fourth-order valence-corrected chi connectivity index (χ4v) is 2.35. The molecule has 1 atom stereocenters. The molecular weight excluding hydrogens is 283 g/mol. The molecule has 0 radical (unpaired) electrons. The predicted molar refractivity (Wildman–Crippen MR) is 72.6 cm³/mol. The zero-order valence-electron chi connectivity index (χ0n) is 9.01. The summed E-state index contributed by atoms with van der Waals surface area (Å²) in [5.74, 6) is 0.644. The number of benzene rings is 1. The van der Waals surface area contributed by atoms with Gasteiger partial charge in [0.2, 0.25) is 0 Å². The van der Waals surface area contributed by atoms with Crippen molar-refractivity contribution in [2.75, 3.05) is 5.75 Å². The Morgan fingerprint density at radius 2 is 2.00 bits per heavy atom. The van der Waals surface area contributed by atoms with Gasteiger partial charge >= 0.3 is 0 Å². The minimum Gasteiger partial charge on any atom is -0.409 e. The summed E-state index contributed by atoms with van der Waals surface area (Å²) in [5.41, 5.74) is 5.30. The molecule has 0 spiro atoms. The third kappa shape index (κ3) is 5.91. The van der Waals surface area contributed by atoms with Gasteiger partial charge in [-0.2, -0.15) is 0 Å². The van der Waals surface area contributed by atoms with Crippen molar-refractivity contribution < 1.29 is 9.42 Å². The Morgan fingerprint density at radius 3 is 2.53 bits per heavy atom. The number of halogens is 2. The molecule has 0 heterocycles. The molecule has 0 fully saturated rings. The summed E-state index contributed by atoms with van der Waals surface area (Å²) < 4.78 is 11.8. The molecule has 1 rings (SSSR count). The van der Waals surface area contributed by atoms with Crippen LogP contribution in [0, 0.1) is 0 Å². The lowest BCUT2D eigenvalue weighted by Crippen LogP contribution is -2.12. The topological polar surface area (TPSA) is 75.7 Å². The van der Waals surface area contributed by atoms with Crippen molar-refractivity contribution in [1.29, 1.82) is 0 Å².